The molecule has 2 aromatic rings. The van der Waals surface area contributed by atoms with Gasteiger partial charge in [-0.2, -0.15) is 0 Å². The Balaban J connectivity index is 1.52. The molecule has 39 heavy (non-hydrogen) atoms. The minimum Gasteiger partial charge on any atom is -0.465 e. The number of hydrogen-bond acceptors (Lipinski definition) is 10. The van der Waals surface area contributed by atoms with Gasteiger partial charge in [0.2, 0.25) is 5.12 Å². The van der Waals surface area contributed by atoms with E-state index in [-0.39, 0.29) is 17.5 Å². The molecule has 208 valence electrons. The van der Waals surface area contributed by atoms with Crippen LogP contribution in [0.3, 0.4) is 0 Å². The zero-order chi connectivity index (χ0) is 28.3. The van der Waals surface area contributed by atoms with Gasteiger partial charge in [0.15, 0.2) is 0 Å². The summed E-state index contributed by atoms with van der Waals surface area (Å²) >= 11 is 4.16. The first-order valence-electron chi connectivity index (χ1n) is 12.7. The van der Waals surface area contributed by atoms with E-state index in [0.29, 0.717) is 17.7 Å². The molecule has 3 atom stereocenters. The number of thioether (sulfide) groups is 3. The highest BCUT2D eigenvalue weighted by Crippen LogP contribution is 2.47. The minimum absolute atomic E-state index is 0.111. The van der Waals surface area contributed by atoms with E-state index >= 15 is 0 Å². The number of nitrogens with two attached hydrogens (primary N) is 1. The third kappa shape index (κ3) is 6.57. The molecule has 4 rings (SSSR count). The molecule has 0 amide bonds. The number of carbonyl (C=O) groups excluding carboxylic acids is 2. The van der Waals surface area contributed by atoms with E-state index in [9.17, 15) is 14.2 Å². The molecule has 2 N–H and O–H groups in total. The molecule has 7 nitrogen and oxygen atoms in total. The summed E-state index contributed by atoms with van der Waals surface area (Å²) in [7, 11) is -2.95. The number of hydrogen-bond donors (Lipinski definition) is 1. The van der Waals surface area contributed by atoms with E-state index in [0.717, 1.165) is 32.5 Å². The van der Waals surface area contributed by atoms with Gasteiger partial charge in [-0.1, -0.05) is 72.4 Å². The second-order valence-corrected chi connectivity index (χ2v) is 16.1. The summed E-state index contributed by atoms with van der Waals surface area (Å²) in [6, 6.07) is 19.2. The topological polar surface area (TPSA) is 111 Å². The Bertz CT molecular complexity index is 1290. The first-order chi connectivity index (χ1) is 18.4. The Labute approximate surface area is 243 Å². The number of nitrogens with zero attached hydrogens (tertiary/aromatic N) is 2. The maximum absolute atomic E-state index is 14.5. The Morgan fingerprint density at radius 3 is 2.18 bits per heavy atom. The third-order valence-corrected chi connectivity index (χ3v) is 14.0. The van der Waals surface area contributed by atoms with Gasteiger partial charge in [0, 0.05) is 27.9 Å². The lowest BCUT2D eigenvalue weighted by Gasteiger charge is -2.24. The number of rotatable bonds is 10. The first kappa shape index (κ1) is 30.1. The minimum atomic E-state index is -2.95. The summed E-state index contributed by atoms with van der Waals surface area (Å²) < 4.78 is 19.5. The Kier molecular flexibility index (Phi) is 9.23. The van der Waals surface area contributed by atoms with Crippen LogP contribution in [0.4, 0.5) is 0 Å². The average Bonchev–Trinajstić information content (AvgIpc) is 3.53. The fourth-order valence-electron chi connectivity index (χ4n) is 4.22. The van der Waals surface area contributed by atoms with Gasteiger partial charge in [0.05, 0.1) is 22.9 Å². The lowest BCUT2D eigenvalue weighted by atomic mass is 10.1. The normalized spacial score (nSPS) is 24.5. The van der Waals surface area contributed by atoms with Crippen LogP contribution in [0.2, 0.25) is 0 Å². The first-order valence-corrected chi connectivity index (χ1v) is 17.6. The van der Waals surface area contributed by atoms with E-state index in [4.69, 9.17) is 20.5 Å². The summed E-state index contributed by atoms with van der Waals surface area (Å²) in [5.74, 6) is 0.742. The second kappa shape index (κ2) is 12.0. The zero-order valence-electron chi connectivity index (χ0n) is 22.6. The van der Waals surface area contributed by atoms with E-state index in [2.05, 4.69) is 0 Å². The second-order valence-electron chi connectivity index (χ2n) is 10.3. The highest BCUT2D eigenvalue weighted by atomic mass is 32.2. The fourth-order valence-corrected chi connectivity index (χ4v) is 10.9. The van der Waals surface area contributed by atoms with E-state index < -0.39 is 29.7 Å². The van der Waals surface area contributed by atoms with Crippen LogP contribution in [0.15, 0.2) is 70.6 Å². The Morgan fingerprint density at radius 2 is 1.62 bits per heavy atom. The molecule has 0 saturated carbocycles. The molecule has 2 aromatic carbocycles. The molecular weight excluding hydrogens is 570 g/mol. The average molecular weight is 604 g/mol. The van der Waals surface area contributed by atoms with Crippen molar-refractivity contribution in [2.24, 2.45) is 15.7 Å². The summed E-state index contributed by atoms with van der Waals surface area (Å²) in [6.45, 7) is 7.36. The molecule has 0 bridgehead atoms. The van der Waals surface area contributed by atoms with Gasteiger partial charge in [0.25, 0.3) is 0 Å². The van der Waals surface area contributed by atoms with Crippen LogP contribution in [0.5, 0.6) is 0 Å². The van der Waals surface area contributed by atoms with Crippen LogP contribution in [-0.4, -0.2) is 67.8 Å². The molecule has 2 heterocycles. The van der Waals surface area contributed by atoms with Crippen LogP contribution in [-0.2, 0) is 18.9 Å². The SMILES string of the molecule is CCOC(=O)[C@@](C)(N)CSC(=O)[C@]1(C)CSC([C@]2(C)CSC(CP(=O)(c3ccccc3)c3ccccc3)=N2)=N1. The summed E-state index contributed by atoms with van der Waals surface area (Å²) in [5, 5.41) is 3.12. The van der Waals surface area contributed by atoms with Crippen LogP contribution in [0.25, 0.3) is 0 Å². The maximum atomic E-state index is 14.5. The van der Waals surface area contributed by atoms with Crippen LogP contribution in [0, 0.1) is 0 Å². The monoisotopic (exact) mass is 603 g/mol. The summed E-state index contributed by atoms with van der Waals surface area (Å²) in [5.41, 5.74) is 3.30. The number of aliphatic imine (C=N–C) groups is 2. The fraction of sp³-hybridized carbons (Fsp3) is 0.429. The smallest absolute Gasteiger partial charge is 0.326 e. The number of carbonyl (C=O) groups is 2. The highest BCUT2D eigenvalue weighted by Gasteiger charge is 2.47. The number of ether oxygens (including phenoxy) is 1. The molecule has 0 aromatic heterocycles. The molecule has 0 aliphatic carbocycles. The van der Waals surface area contributed by atoms with Crippen molar-refractivity contribution < 1.29 is 18.9 Å². The Morgan fingerprint density at radius 1 is 1.03 bits per heavy atom. The summed E-state index contributed by atoms with van der Waals surface area (Å²) in [6.07, 6.45) is 0.341. The lowest BCUT2D eigenvalue weighted by Crippen LogP contribution is -2.49. The van der Waals surface area contributed by atoms with Crippen molar-refractivity contribution in [2.75, 3.05) is 30.0 Å². The van der Waals surface area contributed by atoms with Crippen molar-refractivity contribution in [2.45, 2.75) is 44.3 Å². The predicted molar refractivity (Wildman–Crippen MR) is 168 cm³/mol. The molecule has 0 fully saturated rings. The molecule has 11 heteroatoms. The van der Waals surface area contributed by atoms with Crippen molar-refractivity contribution in [1.82, 2.24) is 0 Å². The summed E-state index contributed by atoms with van der Waals surface area (Å²) in [4.78, 5) is 35.2. The van der Waals surface area contributed by atoms with Crippen LogP contribution < -0.4 is 16.3 Å². The standard InChI is InChI=1S/C28H34N3O4PS3/c1-5-35-24(32)26(2,29)17-39-25(33)28(4)19-38-23(31-28)27(3)18-37-22(30-27)16-36(34,20-12-8-6-9-13-20)21-14-10-7-11-15-21/h6-15H,5,16-19,29H2,1-4H3/t26-,27-,28-/m0/s1. The third-order valence-electron chi connectivity index (χ3n) is 6.58. The van der Waals surface area contributed by atoms with Gasteiger partial charge < -0.3 is 15.0 Å². The highest BCUT2D eigenvalue weighted by molar-refractivity contribution is 8.17. The van der Waals surface area contributed by atoms with Gasteiger partial charge in [-0.25, -0.2) is 0 Å². The van der Waals surface area contributed by atoms with Crippen molar-refractivity contribution in [3.05, 3.63) is 60.7 Å². The van der Waals surface area contributed by atoms with Gasteiger partial charge in [-0.05, 0) is 27.7 Å². The number of esters is 1. The van der Waals surface area contributed by atoms with Gasteiger partial charge in [0.1, 0.15) is 23.8 Å². The quantitative estimate of drug-likeness (QED) is 0.315. The van der Waals surface area contributed by atoms with Gasteiger partial charge >= 0.3 is 5.97 Å². The molecule has 0 spiro atoms. The maximum Gasteiger partial charge on any atom is 0.326 e. The van der Waals surface area contributed by atoms with Crippen molar-refractivity contribution in [3.8, 4) is 0 Å². The molecule has 2 aliphatic heterocycles. The molecule has 0 unspecified atom stereocenters. The Hall–Kier alpha value is -1.84. The zero-order valence-corrected chi connectivity index (χ0v) is 25.9. The molecule has 0 radical (unpaired) electrons. The number of benzene rings is 2. The van der Waals surface area contributed by atoms with E-state index in [1.165, 1.54) is 11.8 Å². The van der Waals surface area contributed by atoms with E-state index in [1.54, 1.807) is 25.6 Å². The van der Waals surface area contributed by atoms with Crippen LogP contribution in [0.1, 0.15) is 27.7 Å². The molecular formula is C28H34N3O4PS3. The van der Waals surface area contributed by atoms with Crippen molar-refractivity contribution >= 4 is 74.2 Å². The van der Waals surface area contributed by atoms with Crippen LogP contribution >= 0.6 is 42.4 Å². The molecule has 0 saturated heterocycles. The van der Waals surface area contributed by atoms with Gasteiger partial charge in [-0.15, -0.1) is 23.5 Å². The van der Waals surface area contributed by atoms with Crippen molar-refractivity contribution in [1.29, 1.82) is 0 Å². The lowest BCUT2D eigenvalue weighted by molar-refractivity contribution is -0.148. The van der Waals surface area contributed by atoms with Crippen molar-refractivity contribution in [3.63, 3.8) is 0 Å². The van der Waals surface area contributed by atoms with Gasteiger partial charge in [-0.3, -0.25) is 19.6 Å². The predicted octanol–water partition coefficient (Wildman–Crippen LogP) is 4.35. The largest absolute Gasteiger partial charge is 0.465 e. The van der Waals surface area contributed by atoms with E-state index in [1.807, 2.05) is 74.5 Å². The molecule has 2 aliphatic rings.